The number of aliphatic hydroxyl groups is 1. The zero-order chi connectivity index (χ0) is 23.5. The number of hydrogen-bond donors (Lipinski definition) is 1. The Balaban J connectivity index is 1.77. The highest BCUT2D eigenvalue weighted by atomic mass is 16.6. The van der Waals surface area contributed by atoms with Crippen molar-refractivity contribution in [3.8, 4) is 0 Å². The maximum Gasteiger partial charge on any atom is 0.295 e. The van der Waals surface area contributed by atoms with Crippen LogP contribution in [0.15, 0.2) is 54.1 Å². The molecule has 2 fully saturated rings. The lowest BCUT2D eigenvalue weighted by Gasteiger charge is -2.31. The van der Waals surface area contributed by atoms with Gasteiger partial charge in [0.25, 0.3) is 17.4 Å². The number of Topliss-reactive ketones (excluding diaryl/α,β-unsaturated/α-hetero) is 1. The van der Waals surface area contributed by atoms with Gasteiger partial charge in [0.15, 0.2) is 0 Å². The fourth-order valence-electron chi connectivity index (χ4n) is 4.21. The molecule has 2 aliphatic heterocycles. The number of nitro benzene ring substituents is 1. The van der Waals surface area contributed by atoms with Gasteiger partial charge in [-0.1, -0.05) is 42.0 Å². The van der Waals surface area contributed by atoms with Crippen LogP contribution in [0.1, 0.15) is 22.7 Å². The van der Waals surface area contributed by atoms with Crippen molar-refractivity contribution >= 4 is 23.1 Å². The Hall–Kier alpha value is -3.56. The first kappa shape index (κ1) is 22.6. The number of morpholine rings is 1. The molecule has 4 rings (SSSR count). The van der Waals surface area contributed by atoms with Crippen molar-refractivity contribution in [1.29, 1.82) is 0 Å². The quantitative estimate of drug-likeness (QED) is 0.236. The molecule has 2 heterocycles. The Labute approximate surface area is 191 Å². The molecule has 2 aromatic carbocycles. The molecule has 9 nitrogen and oxygen atoms in total. The minimum atomic E-state index is -0.924. The van der Waals surface area contributed by atoms with E-state index in [9.17, 15) is 24.8 Å². The highest BCUT2D eigenvalue weighted by Gasteiger charge is 2.46. The Bertz CT molecular complexity index is 1110. The van der Waals surface area contributed by atoms with Crippen molar-refractivity contribution in [2.45, 2.75) is 13.0 Å². The van der Waals surface area contributed by atoms with Gasteiger partial charge >= 0.3 is 0 Å². The summed E-state index contributed by atoms with van der Waals surface area (Å²) in [4.78, 5) is 40.5. The molecule has 33 heavy (non-hydrogen) atoms. The van der Waals surface area contributed by atoms with E-state index in [1.807, 2.05) is 6.92 Å². The Kier molecular flexibility index (Phi) is 6.52. The molecule has 2 saturated heterocycles. The summed E-state index contributed by atoms with van der Waals surface area (Å²) in [6, 6.07) is 11.9. The number of rotatable bonds is 6. The van der Waals surface area contributed by atoms with E-state index in [4.69, 9.17) is 4.74 Å². The second kappa shape index (κ2) is 9.51. The summed E-state index contributed by atoms with van der Waals surface area (Å²) in [6.45, 7) is 5.29. The Morgan fingerprint density at radius 1 is 1.12 bits per heavy atom. The third-order valence-corrected chi connectivity index (χ3v) is 6.02. The van der Waals surface area contributed by atoms with Crippen LogP contribution in [0.5, 0.6) is 0 Å². The van der Waals surface area contributed by atoms with Gasteiger partial charge in [0, 0.05) is 43.9 Å². The van der Waals surface area contributed by atoms with E-state index < -0.39 is 22.7 Å². The van der Waals surface area contributed by atoms with Crippen LogP contribution in [0.4, 0.5) is 5.69 Å². The number of nitro groups is 1. The van der Waals surface area contributed by atoms with Crippen molar-refractivity contribution < 1.29 is 24.4 Å². The number of aryl methyl sites for hydroxylation is 1. The minimum Gasteiger partial charge on any atom is -0.507 e. The molecule has 0 saturated carbocycles. The molecular weight excluding hydrogens is 426 g/mol. The normalized spacial score (nSPS) is 20.9. The van der Waals surface area contributed by atoms with E-state index in [-0.39, 0.29) is 23.6 Å². The number of nitrogens with zero attached hydrogens (tertiary/aromatic N) is 3. The van der Waals surface area contributed by atoms with Crippen LogP contribution in [0.2, 0.25) is 0 Å². The van der Waals surface area contributed by atoms with E-state index in [1.165, 1.54) is 23.1 Å². The van der Waals surface area contributed by atoms with E-state index in [0.29, 0.717) is 30.9 Å². The average molecular weight is 451 g/mol. The third kappa shape index (κ3) is 4.64. The molecule has 2 aliphatic rings. The molecule has 2 aromatic rings. The van der Waals surface area contributed by atoms with Crippen LogP contribution in [0.3, 0.4) is 0 Å². The summed E-state index contributed by atoms with van der Waals surface area (Å²) in [5, 5.41) is 22.4. The largest absolute Gasteiger partial charge is 0.507 e. The van der Waals surface area contributed by atoms with Crippen molar-refractivity contribution in [3.63, 3.8) is 0 Å². The molecule has 0 aromatic heterocycles. The molecular formula is C24H25N3O6. The lowest BCUT2D eigenvalue weighted by atomic mass is 9.94. The van der Waals surface area contributed by atoms with Crippen LogP contribution < -0.4 is 0 Å². The maximum atomic E-state index is 13.1. The summed E-state index contributed by atoms with van der Waals surface area (Å²) in [7, 11) is 0. The molecule has 1 atom stereocenters. The second-order valence-corrected chi connectivity index (χ2v) is 8.16. The number of ketones is 1. The number of likely N-dealkylation sites (tertiary alicyclic amines) is 1. The first-order chi connectivity index (χ1) is 15.9. The number of hydrogen-bond acceptors (Lipinski definition) is 7. The molecule has 1 N–H and O–H groups in total. The number of amides is 1. The first-order valence-electron chi connectivity index (χ1n) is 10.8. The number of carbonyl (C=O) groups is 2. The summed E-state index contributed by atoms with van der Waals surface area (Å²) < 4.78 is 5.36. The maximum absolute atomic E-state index is 13.1. The molecule has 0 bridgehead atoms. The van der Waals surface area contributed by atoms with E-state index in [1.54, 1.807) is 30.3 Å². The Morgan fingerprint density at radius 2 is 1.82 bits per heavy atom. The van der Waals surface area contributed by atoms with Crippen molar-refractivity contribution in [2.75, 3.05) is 39.4 Å². The van der Waals surface area contributed by atoms with Gasteiger partial charge in [0.05, 0.1) is 29.8 Å². The van der Waals surface area contributed by atoms with E-state index >= 15 is 0 Å². The van der Waals surface area contributed by atoms with Gasteiger partial charge in [-0.15, -0.1) is 0 Å². The van der Waals surface area contributed by atoms with Crippen LogP contribution in [0.25, 0.3) is 5.76 Å². The molecule has 0 aliphatic carbocycles. The molecule has 0 radical (unpaired) electrons. The van der Waals surface area contributed by atoms with Crippen LogP contribution in [0, 0.1) is 17.0 Å². The van der Waals surface area contributed by atoms with Crippen molar-refractivity contribution in [3.05, 3.63) is 80.9 Å². The van der Waals surface area contributed by atoms with E-state index in [0.717, 1.165) is 18.7 Å². The van der Waals surface area contributed by atoms with Crippen molar-refractivity contribution in [2.24, 2.45) is 0 Å². The fraction of sp³-hybridized carbons (Fsp3) is 0.333. The van der Waals surface area contributed by atoms with Gasteiger partial charge in [-0.3, -0.25) is 24.6 Å². The van der Waals surface area contributed by atoms with Crippen LogP contribution in [-0.4, -0.2) is 70.9 Å². The van der Waals surface area contributed by atoms with Gasteiger partial charge in [-0.05, 0) is 12.5 Å². The molecule has 1 amide bonds. The van der Waals surface area contributed by atoms with Crippen molar-refractivity contribution in [1.82, 2.24) is 9.80 Å². The molecule has 172 valence electrons. The lowest BCUT2D eigenvalue weighted by Crippen LogP contribution is -2.42. The summed E-state index contributed by atoms with van der Waals surface area (Å²) in [5.74, 6) is -1.82. The molecule has 0 spiro atoms. The van der Waals surface area contributed by atoms with Crippen LogP contribution >= 0.6 is 0 Å². The predicted octanol–water partition coefficient (Wildman–Crippen LogP) is 2.66. The fourth-order valence-corrected chi connectivity index (χ4v) is 4.21. The standard InChI is InChI=1S/C24H25N3O6/c1-16-5-7-17(8-6-16)22(28)20-21(18-3-2-4-19(15-18)27(31)32)26(24(30)23(20)29)10-9-25-11-13-33-14-12-25/h2-8,15,21,28H,9-14H2,1H3. The number of aliphatic hydroxyl groups excluding tert-OH is 1. The zero-order valence-corrected chi connectivity index (χ0v) is 18.3. The predicted molar refractivity (Wildman–Crippen MR) is 121 cm³/mol. The second-order valence-electron chi connectivity index (χ2n) is 8.16. The highest BCUT2D eigenvalue weighted by molar-refractivity contribution is 6.46. The smallest absolute Gasteiger partial charge is 0.295 e. The van der Waals surface area contributed by atoms with Crippen LogP contribution in [-0.2, 0) is 14.3 Å². The topological polar surface area (TPSA) is 113 Å². The van der Waals surface area contributed by atoms with Gasteiger partial charge in [-0.25, -0.2) is 0 Å². The monoisotopic (exact) mass is 451 g/mol. The highest BCUT2D eigenvalue weighted by Crippen LogP contribution is 2.40. The number of carbonyl (C=O) groups excluding carboxylic acids is 2. The third-order valence-electron chi connectivity index (χ3n) is 6.02. The number of ether oxygens (including phenoxy) is 1. The SMILES string of the molecule is Cc1ccc(C(O)=C2C(=O)C(=O)N(CCN3CCOCC3)C2c2cccc([N+](=O)[O-])c2)cc1. The Morgan fingerprint density at radius 3 is 2.48 bits per heavy atom. The van der Waals surface area contributed by atoms with Gasteiger partial charge in [-0.2, -0.15) is 0 Å². The van der Waals surface area contributed by atoms with Gasteiger partial charge < -0.3 is 14.7 Å². The summed E-state index contributed by atoms with van der Waals surface area (Å²) in [6.07, 6.45) is 0. The number of non-ortho nitro benzene ring substituents is 1. The minimum absolute atomic E-state index is 0.0636. The summed E-state index contributed by atoms with van der Waals surface area (Å²) in [5.41, 5.74) is 1.57. The van der Waals surface area contributed by atoms with E-state index in [2.05, 4.69) is 4.90 Å². The first-order valence-corrected chi connectivity index (χ1v) is 10.8. The molecule has 1 unspecified atom stereocenters. The zero-order valence-electron chi connectivity index (χ0n) is 18.3. The average Bonchev–Trinajstić information content (AvgIpc) is 3.08. The summed E-state index contributed by atoms with van der Waals surface area (Å²) >= 11 is 0. The number of benzene rings is 2. The van der Waals surface area contributed by atoms with Gasteiger partial charge in [0.2, 0.25) is 0 Å². The lowest BCUT2D eigenvalue weighted by molar-refractivity contribution is -0.384. The van der Waals surface area contributed by atoms with Gasteiger partial charge in [0.1, 0.15) is 5.76 Å². The molecule has 9 heteroatoms.